The molecule has 0 amide bonds. The van der Waals surface area contributed by atoms with Gasteiger partial charge in [-0.2, -0.15) is 0 Å². The van der Waals surface area contributed by atoms with E-state index in [0.717, 1.165) is 42.9 Å². The minimum Gasteiger partial charge on any atom is -0.493 e. The molecular weight excluding hydrogens is 266 g/mol. The third-order valence-electron chi connectivity index (χ3n) is 2.96. The molecule has 3 N–H and O–H groups in total. The van der Waals surface area contributed by atoms with Crippen molar-refractivity contribution in [1.29, 1.82) is 0 Å². The van der Waals surface area contributed by atoms with Crippen molar-refractivity contribution in [3.05, 3.63) is 23.8 Å². The first-order valence-electron chi connectivity index (χ1n) is 7.54. The Labute approximate surface area is 127 Å². The number of unbranched alkanes of at least 4 members (excludes halogenated alkanes) is 1. The second-order valence-corrected chi connectivity index (χ2v) is 4.82. The molecule has 0 aliphatic carbocycles. The zero-order valence-corrected chi connectivity index (χ0v) is 13.3. The maximum Gasteiger partial charge on any atom is 0.188 e. The van der Waals surface area contributed by atoms with Crippen LogP contribution in [0.3, 0.4) is 0 Å². The van der Waals surface area contributed by atoms with E-state index in [2.05, 4.69) is 24.2 Å². The zero-order chi connectivity index (χ0) is 15.5. The number of hydrogen-bond donors (Lipinski definition) is 2. The third kappa shape index (κ3) is 6.38. The Morgan fingerprint density at radius 2 is 2.05 bits per heavy atom. The van der Waals surface area contributed by atoms with Crippen molar-refractivity contribution in [2.75, 3.05) is 20.3 Å². The lowest BCUT2D eigenvalue weighted by Gasteiger charge is -2.11. The Morgan fingerprint density at radius 3 is 2.71 bits per heavy atom. The normalized spacial score (nSPS) is 11.3. The van der Waals surface area contributed by atoms with Crippen LogP contribution in [0, 0.1) is 0 Å². The van der Waals surface area contributed by atoms with Gasteiger partial charge in [0.1, 0.15) is 0 Å². The van der Waals surface area contributed by atoms with E-state index in [1.807, 2.05) is 18.2 Å². The van der Waals surface area contributed by atoms with E-state index >= 15 is 0 Å². The van der Waals surface area contributed by atoms with E-state index in [1.54, 1.807) is 7.11 Å². The molecule has 0 atom stereocenters. The summed E-state index contributed by atoms with van der Waals surface area (Å²) < 4.78 is 11.0. The van der Waals surface area contributed by atoms with Gasteiger partial charge in [-0.15, -0.1) is 0 Å². The summed E-state index contributed by atoms with van der Waals surface area (Å²) in [5.41, 5.74) is 6.85. The number of nitrogens with zero attached hydrogens (tertiary/aromatic N) is 1. The van der Waals surface area contributed by atoms with E-state index in [9.17, 15) is 0 Å². The van der Waals surface area contributed by atoms with Gasteiger partial charge in [-0.25, -0.2) is 4.99 Å². The zero-order valence-electron chi connectivity index (χ0n) is 13.3. The van der Waals surface area contributed by atoms with Crippen LogP contribution in [0.5, 0.6) is 11.5 Å². The number of nitrogens with two attached hydrogens (primary N) is 1. The highest BCUT2D eigenvalue weighted by atomic mass is 16.5. The number of nitrogens with one attached hydrogen (secondary N) is 1. The molecule has 118 valence electrons. The van der Waals surface area contributed by atoms with E-state index in [4.69, 9.17) is 15.2 Å². The van der Waals surface area contributed by atoms with Gasteiger partial charge < -0.3 is 20.5 Å². The van der Waals surface area contributed by atoms with Gasteiger partial charge in [0.2, 0.25) is 0 Å². The Hall–Kier alpha value is -1.91. The molecule has 0 spiro atoms. The lowest BCUT2D eigenvalue weighted by molar-refractivity contribution is 0.294. The standard InChI is InChI=1S/C16H27N3O2/c1-4-6-9-18-16(17)19-12-13-7-8-14(21-10-5-2)15(11-13)20-3/h7-8,11H,4-6,9-10,12H2,1-3H3,(H3,17,18,19). The number of methoxy groups -OCH3 is 1. The Morgan fingerprint density at radius 1 is 1.24 bits per heavy atom. The van der Waals surface area contributed by atoms with E-state index in [1.165, 1.54) is 0 Å². The van der Waals surface area contributed by atoms with Gasteiger partial charge in [0.25, 0.3) is 0 Å². The first kappa shape index (κ1) is 17.1. The fourth-order valence-electron chi connectivity index (χ4n) is 1.77. The molecule has 0 fully saturated rings. The maximum absolute atomic E-state index is 5.81. The highest BCUT2D eigenvalue weighted by molar-refractivity contribution is 5.77. The van der Waals surface area contributed by atoms with Gasteiger partial charge in [-0.05, 0) is 30.5 Å². The van der Waals surface area contributed by atoms with Crippen LogP contribution in [0.2, 0.25) is 0 Å². The van der Waals surface area contributed by atoms with Crippen LogP contribution in [0.1, 0.15) is 38.7 Å². The van der Waals surface area contributed by atoms with Crippen LogP contribution in [0.4, 0.5) is 0 Å². The minimum atomic E-state index is 0.480. The Balaban J connectivity index is 2.61. The summed E-state index contributed by atoms with van der Waals surface area (Å²) in [4.78, 5) is 4.32. The summed E-state index contributed by atoms with van der Waals surface area (Å²) in [5, 5.41) is 3.09. The minimum absolute atomic E-state index is 0.480. The lowest BCUT2D eigenvalue weighted by atomic mass is 10.2. The first-order chi connectivity index (χ1) is 10.2. The third-order valence-corrected chi connectivity index (χ3v) is 2.96. The number of rotatable bonds is 9. The van der Waals surface area contributed by atoms with Crippen LogP contribution < -0.4 is 20.5 Å². The fraction of sp³-hybridized carbons (Fsp3) is 0.562. The van der Waals surface area contributed by atoms with Gasteiger partial charge in [0.15, 0.2) is 17.5 Å². The molecule has 0 heterocycles. The molecule has 0 radical (unpaired) electrons. The van der Waals surface area contributed by atoms with Gasteiger partial charge in [-0.3, -0.25) is 0 Å². The number of ether oxygens (including phenoxy) is 2. The molecule has 1 rings (SSSR count). The van der Waals surface area contributed by atoms with Crippen molar-refractivity contribution < 1.29 is 9.47 Å². The lowest BCUT2D eigenvalue weighted by Crippen LogP contribution is -2.32. The number of guanidine groups is 1. The van der Waals surface area contributed by atoms with Crippen LogP contribution in [-0.4, -0.2) is 26.2 Å². The number of hydrogen-bond acceptors (Lipinski definition) is 3. The monoisotopic (exact) mass is 293 g/mol. The van der Waals surface area contributed by atoms with Crippen LogP contribution in [0.15, 0.2) is 23.2 Å². The predicted octanol–water partition coefficient (Wildman–Crippen LogP) is 2.69. The molecule has 1 aromatic carbocycles. The molecule has 21 heavy (non-hydrogen) atoms. The maximum atomic E-state index is 5.81. The number of aliphatic imine (C=N–C) groups is 1. The van der Waals surface area contributed by atoms with Crippen molar-refractivity contribution in [3.63, 3.8) is 0 Å². The van der Waals surface area contributed by atoms with Gasteiger partial charge >= 0.3 is 0 Å². The first-order valence-corrected chi connectivity index (χ1v) is 7.54. The predicted molar refractivity (Wildman–Crippen MR) is 87.0 cm³/mol. The smallest absolute Gasteiger partial charge is 0.188 e. The average Bonchev–Trinajstić information content (AvgIpc) is 2.51. The van der Waals surface area contributed by atoms with Gasteiger partial charge in [-0.1, -0.05) is 26.3 Å². The second-order valence-electron chi connectivity index (χ2n) is 4.82. The van der Waals surface area contributed by atoms with Gasteiger partial charge in [0, 0.05) is 6.54 Å². The molecule has 0 saturated carbocycles. The van der Waals surface area contributed by atoms with Crippen molar-refractivity contribution >= 4 is 5.96 Å². The summed E-state index contributed by atoms with van der Waals surface area (Å²) >= 11 is 0. The molecule has 0 saturated heterocycles. The van der Waals surface area contributed by atoms with Crippen LogP contribution in [-0.2, 0) is 6.54 Å². The average molecular weight is 293 g/mol. The summed E-state index contributed by atoms with van der Waals surface area (Å²) in [7, 11) is 1.64. The second kappa shape index (κ2) is 9.91. The molecule has 0 aliphatic heterocycles. The molecule has 5 heteroatoms. The molecule has 0 aromatic heterocycles. The Bertz CT molecular complexity index is 447. The largest absolute Gasteiger partial charge is 0.493 e. The van der Waals surface area contributed by atoms with Crippen molar-refractivity contribution in [3.8, 4) is 11.5 Å². The van der Waals surface area contributed by atoms with E-state index in [0.29, 0.717) is 19.1 Å². The van der Waals surface area contributed by atoms with E-state index < -0.39 is 0 Å². The summed E-state index contributed by atoms with van der Waals surface area (Å²) in [6, 6.07) is 5.84. The SMILES string of the molecule is CCCCNC(N)=NCc1ccc(OCCC)c(OC)c1. The quantitative estimate of drug-likeness (QED) is 0.417. The van der Waals surface area contributed by atoms with Crippen molar-refractivity contribution in [1.82, 2.24) is 5.32 Å². The summed E-state index contributed by atoms with van der Waals surface area (Å²) in [6.07, 6.45) is 3.19. The molecular formula is C16H27N3O2. The van der Waals surface area contributed by atoms with E-state index in [-0.39, 0.29) is 0 Å². The highest BCUT2D eigenvalue weighted by Crippen LogP contribution is 2.28. The van der Waals surface area contributed by atoms with Crippen LogP contribution in [0.25, 0.3) is 0 Å². The molecule has 0 bridgehead atoms. The highest BCUT2D eigenvalue weighted by Gasteiger charge is 2.05. The summed E-state index contributed by atoms with van der Waals surface area (Å²) in [5.74, 6) is 1.98. The fourth-order valence-corrected chi connectivity index (χ4v) is 1.77. The van der Waals surface area contributed by atoms with Crippen molar-refractivity contribution in [2.45, 2.75) is 39.7 Å². The Kier molecular flexibility index (Phi) is 8.09. The van der Waals surface area contributed by atoms with Crippen LogP contribution >= 0.6 is 0 Å². The molecule has 0 aliphatic rings. The molecule has 1 aromatic rings. The molecule has 5 nitrogen and oxygen atoms in total. The number of benzene rings is 1. The van der Waals surface area contributed by atoms with Crippen molar-refractivity contribution in [2.24, 2.45) is 10.7 Å². The molecule has 0 unspecified atom stereocenters. The summed E-state index contributed by atoms with van der Waals surface area (Å²) in [6.45, 7) is 6.28. The van der Waals surface area contributed by atoms with Gasteiger partial charge in [0.05, 0.1) is 20.3 Å². The topological polar surface area (TPSA) is 68.9 Å².